The number of hydrogen-bond donors (Lipinski definition) is 1. The lowest BCUT2D eigenvalue weighted by atomic mass is 10.1. The first-order chi connectivity index (χ1) is 7.22. The van der Waals surface area contributed by atoms with E-state index in [9.17, 15) is 8.78 Å². The molecule has 1 rings (SSSR count). The first kappa shape index (κ1) is 12.1. The van der Waals surface area contributed by atoms with Gasteiger partial charge in [0.05, 0.1) is 6.61 Å². The quantitative estimate of drug-likeness (QED) is 0.787. The van der Waals surface area contributed by atoms with Crippen molar-refractivity contribution in [1.29, 1.82) is 0 Å². The molecule has 0 unspecified atom stereocenters. The summed E-state index contributed by atoms with van der Waals surface area (Å²) in [7, 11) is 0. The van der Waals surface area contributed by atoms with Crippen molar-refractivity contribution in [2.45, 2.75) is 19.5 Å². The zero-order valence-corrected chi connectivity index (χ0v) is 8.46. The molecule has 2 nitrogen and oxygen atoms in total. The molecule has 0 radical (unpaired) electrons. The zero-order chi connectivity index (χ0) is 11.1. The van der Waals surface area contributed by atoms with E-state index in [-0.39, 0.29) is 6.61 Å². The third-order valence-corrected chi connectivity index (χ3v) is 1.97. The summed E-state index contributed by atoms with van der Waals surface area (Å²) in [4.78, 5) is 0. The molecule has 0 bridgehead atoms. The van der Waals surface area contributed by atoms with Gasteiger partial charge in [0.1, 0.15) is 6.61 Å². The molecule has 2 N–H and O–H groups in total. The van der Waals surface area contributed by atoms with E-state index in [1.165, 1.54) is 0 Å². The molecular weight excluding hydrogens is 200 g/mol. The molecule has 15 heavy (non-hydrogen) atoms. The smallest absolute Gasteiger partial charge is 0.261 e. The van der Waals surface area contributed by atoms with Gasteiger partial charge in [0.15, 0.2) is 0 Å². The summed E-state index contributed by atoms with van der Waals surface area (Å²) in [6.45, 7) is 0.332. The Hall–Kier alpha value is -1.00. The normalized spacial score (nSPS) is 10.9. The highest BCUT2D eigenvalue weighted by atomic mass is 19.3. The summed E-state index contributed by atoms with van der Waals surface area (Å²) in [6.07, 6.45) is -1.57. The SMILES string of the molecule is NCCc1ccc(COCC(F)F)cc1. The third kappa shape index (κ3) is 4.85. The molecule has 0 saturated heterocycles. The molecule has 0 aromatic heterocycles. The fourth-order valence-corrected chi connectivity index (χ4v) is 1.23. The maximum absolute atomic E-state index is 11.8. The van der Waals surface area contributed by atoms with Crippen LogP contribution in [0.5, 0.6) is 0 Å². The summed E-state index contributed by atoms with van der Waals surface area (Å²) in [5.41, 5.74) is 7.45. The second-order valence-corrected chi connectivity index (χ2v) is 3.26. The second-order valence-electron chi connectivity index (χ2n) is 3.26. The highest BCUT2D eigenvalue weighted by Gasteiger charge is 2.01. The predicted octanol–water partition coefficient (Wildman–Crippen LogP) is 1.97. The molecule has 0 heterocycles. The first-order valence-electron chi connectivity index (χ1n) is 4.86. The van der Waals surface area contributed by atoms with Crippen LogP contribution < -0.4 is 5.73 Å². The summed E-state index contributed by atoms with van der Waals surface area (Å²) in [6, 6.07) is 7.62. The number of halogens is 2. The molecule has 0 aliphatic heterocycles. The van der Waals surface area contributed by atoms with Crippen molar-refractivity contribution in [3.8, 4) is 0 Å². The molecule has 0 saturated carbocycles. The van der Waals surface area contributed by atoms with Crippen LogP contribution in [0.15, 0.2) is 24.3 Å². The van der Waals surface area contributed by atoms with Gasteiger partial charge < -0.3 is 10.5 Å². The topological polar surface area (TPSA) is 35.2 Å². The lowest BCUT2D eigenvalue weighted by molar-refractivity contribution is 0.00988. The number of alkyl halides is 2. The van der Waals surface area contributed by atoms with Crippen molar-refractivity contribution in [3.63, 3.8) is 0 Å². The Morgan fingerprint density at radius 1 is 1.13 bits per heavy atom. The van der Waals surface area contributed by atoms with Gasteiger partial charge in [0, 0.05) is 0 Å². The molecular formula is C11H15F2NO. The fourth-order valence-electron chi connectivity index (χ4n) is 1.23. The summed E-state index contributed by atoms with van der Waals surface area (Å²) >= 11 is 0. The molecule has 84 valence electrons. The molecule has 0 atom stereocenters. The van der Waals surface area contributed by atoms with Crippen LogP contribution in [0.4, 0.5) is 8.78 Å². The Kier molecular flexibility index (Phi) is 5.21. The predicted molar refractivity (Wildman–Crippen MR) is 54.9 cm³/mol. The average Bonchev–Trinajstić information content (AvgIpc) is 2.20. The number of benzene rings is 1. The Morgan fingerprint density at radius 3 is 2.27 bits per heavy atom. The second kappa shape index (κ2) is 6.48. The van der Waals surface area contributed by atoms with Gasteiger partial charge in [-0.25, -0.2) is 8.78 Å². The standard InChI is InChI=1S/C11H15F2NO/c12-11(13)8-15-7-10-3-1-9(2-4-10)5-6-14/h1-4,11H,5-8,14H2. The van der Waals surface area contributed by atoms with Gasteiger partial charge in [-0.1, -0.05) is 24.3 Å². The Bertz CT molecular complexity index is 274. The number of rotatable bonds is 6. The van der Waals surface area contributed by atoms with Crippen LogP contribution in [0.2, 0.25) is 0 Å². The Balaban J connectivity index is 2.36. The molecule has 0 aliphatic carbocycles. The van der Waals surface area contributed by atoms with Crippen LogP contribution >= 0.6 is 0 Å². The first-order valence-corrected chi connectivity index (χ1v) is 4.86. The maximum atomic E-state index is 11.8. The highest BCUT2D eigenvalue weighted by molar-refractivity contribution is 5.22. The van der Waals surface area contributed by atoms with Crippen LogP contribution in [0.3, 0.4) is 0 Å². The lowest BCUT2D eigenvalue weighted by Gasteiger charge is -2.04. The number of ether oxygens (including phenoxy) is 1. The monoisotopic (exact) mass is 215 g/mol. The highest BCUT2D eigenvalue weighted by Crippen LogP contribution is 2.06. The molecule has 0 fully saturated rings. The Morgan fingerprint density at radius 2 is 1.73 bits per heavy atom. The van der Waals surface area contributed by atoms with Crippen molar-refractivity contribution < 1.29 is 13.5 Å². The number of hydrogen-bond acceptors (Lipinski definition) is 2. The largest absolute Gasteiger partial charge is 0.371 e. The Labute approximate surface area is 88.0 Å². The van der Waals surface area contributed by atoms with E-state index in [1.807, 2.05) is 24.3 Å². The fraction of sp³-hybridized carbons (Fsp3) is 0.455. The summed E-state index contributed by atoms with van der Waals surface area (Å²) in [5.74, 6) is 0. The van der Waals surface area contributed by atoms with Crippen LogP contribution in [0.1, 0.15) is 11.1 Å². The van der Waals surface area contributed by atoms with Crippen molar-refractivity contribution in [3.05, 3.63) is 35.4 Å². The third-order valence-electron chi connectivity index (χ3n) is 1.97. The van der Waals surface area contributed by atoms with Crippen LogP contribution in [-0.4, -0.2) is 19.6 Å². The minimum absolute atomic E-state index is 0.229. The van der Waals surface area contributed by atoms with Gasteiger partial charge in [-0.15, -0.1) is 0 Å². The van der Waals surface area contributed by atoms with E-state index in [2.05, 4.69) is 0 Å². The molecule has 0 amide bonds. The zero-order valence-electron chi connectivity index (χ0n) is 8.46. The van der Waals surface area contributed by atoms with Gasteiger partial charge in [0.2, 0.25) is 0 Å². The van der Waals surface area contributed by atoms with E-state index in [1.54, 1.807) is 0 Å². The van der Waals surface area contributed by atoms with Crippen molar-refractivity contribution >= 4 is 0 Å². The molecule has 4 heteroatoms. The van der Waals surface area contributed by atoms with Crippen molar-refractivity contribution in [2.75, 3.05) is 13.2 Å². The van der Waals surface area contributed by atoms with E-state index in [4.69, 9.17) is 10.5 Å². The van der Waals surface area contributed by atoms with E-state index < -0.39 is 13.0 Å². The van der Waals surface area contributed by atoms with Gasteiger partial charge >= 0.3 is 0 Å². The molecule has 1 aromatic rings. The average molecular weight is 215 g/mol. The molecule has 0 aliphatic rings. The van der Waals surface area contributed by atoms with Crippen molar-refractivity contribution in [1.82, 2.24) is 0 Å². The summed E-state index contributed by atoms with van der Waals surface area (Å²) in [5, 5.41) is 0. The van der Waals surface area contributed by atoms with Gasteiger partial charge in [-0.3, -0.25) is 0 Å². The minimum Gasteiger partial charge on any atom is -0.371 e. The van der Waals surface area contributed by atoms with Gasteiger partial charge in [0.25, 0.3) is 6.43 Å². The van der Waals surface area contributed by atoms with Crippen LogP contribution in [-0.2, 0) is 17.8 Å². The maximum Gasteiger partial charge on any atom is 0.261 e. The van der Waals surface area contributed by atoms with Gasteiger partial charge in [-0.2, -0.15) is 0 Å². The van der Waals surface area contributed by atoms with Crippen LogP contribution in [0.25, 0.3) is 0 Å². The van der Waals surface area contributed by atoms with Crippen molar-refractivity contribution in [2.24, 2.45) is 5.73 Å². The van der Waals surface area contributed by atoms with E-state index in [0.29, 0.717) is 6.54 Å². The minimum atomic E-state index is -2.40. The summed E-state index contributed by atoms with van der Waals surface area (Å²) < 4.78 is 28.3. The van der Waals surface area contributed by atoms with E-state index in [0.717, 1.165) is 17.5 Å². The molecule has 0 spiro atoms. The van der Waals surface area contributed by atoms with Crippen LogP contribution in [0, 0.1) is 0 Å². The lowest BCUT2D eigenvalue weighted by Crippen LogP contribution is -2.05. The van der Waals surface area contributed by atoms with Gasteiger partial charge in [-0.05, 0) is 24.1 Å². The van der Waals surface area contributed by atoms with E-state index >= 15 is 0 Å². The number of nitrogens with two attached hydrogens (primary N) is 1. The molecule has 1 aromatic carbocycles.